The molecular formula is C18H25NO5. The Hall–Kier alpha value is -2.24. The van der Waals surface area contributed by atoms with Crippen LogP contribution in [-0.4, -0.2) is 50.7 Å². The zero-order chi connectivity index (χ0) is 17.5. The minimum Gasteiger partial charge on any atom is -0.497 e. The molecule has 0 spiro atoms. The predicted molar refractivity (Wildman–Crippen MR) is 89.2 cm³/mol. The second kappa shape index (κ2) is 8.57. The number of carbonyl (C=O) groups is 2. The fraction of sp³-hybridized carbons (Fsp3) is 0.556. The molecule has 1 aromatic rings. The Labute approximate surface area is 142 Å². The van der Waals surface area contributed by atoms with Crippen molar-refractivity contribution in [2.24, 2.45) is 5.92 Å². The van der Waals surface area contributed by atoms with Crippen LogP contribution in [0.15, 0.2) is 18.2 Å². The normalized spacial score (nSPS) is 17.3. The summed E-state index contributed by atoms with van der Waals surface area (Å²) in [5.41, 5.74) is 0.807. The van der Waals surface area contributed by atoms with E-state index in [0.717, 1.165) is 18.4 Å². The molecule has 132 valence electrons. The topological polar surface area (TPSA) is 65.1 Å². The molecule has 1 amide bonds. The molecule has 1 heterocycles. The standard InChI is InChI=1S/C18H25NO5/c1-4-24-18(21)14-6-5-9-19(12-14)17(20)10-13-7-8-15(22-2)11-16(13)23-3/h7-8,11,14H,4-6,9-10,12H2,1-3H3/t14-/m1/s1. The first kappa shape index (κ1) is 18.1. The number of nitrogens with zero attached hydrogens (tertiary/aromatic N) is 1. The maximum Gasteiger partial charge on any atom is 0.310 e. The van der Waals surface area contributed by atoms with E-state index in [1.165, 1.54) is 0 Å². The molecule has 0 saturated carbocycles. The smallest absolute Gasteiger partial charge is 0.310 e. The van der Waals surface area contributed by atoms with Crippen LogP contribution in [0.4, 0.5) is 0 Å². The SMILES string of the molecule is CCOC(=O)[C@@H]1CCCN(C(=O)Cc2ccc(OC)cc2OC)C1. The summed E-state index contributed by atoms with van der Waals surface area (Å²) in [6.45, 7) is 3.26. The molecule has 1 aliphatic heterocycles. The van der Waals surface area contributed by atoms with Crippen LogP contribution >= 0.6 is 0 Å². The van der Waals surface area contributed by atoms with Gasteiger partial charge in [0.1, 0.15) is 11.5 Å². The van der Waals surface area contributed by atoms with Crippen LogP contribution in [0.2, 0.25) is 0 Å². The summed E-state index contributed by atoms with van der Waals surface area (Å²) in [6, 6.07) is 5.41. The number of likely N-dealkylation sites (tertiary alicyclic amines) is 1. The van der Waals surface area contributed by atoms with Gasteiger partial charge in [0, 0.05) is 24.7 Å². The van der Waals surface area contributed by atoms with E-state index in [2.05, 4.69) is 0 Å². The fourth-order valence-corrected chi connectivity index (χ4v) is 2.93. The van der Waals surface area contributed by atoms with Gasteiger partial charge in [0.05, 0.1) is 33.2 Å². The lowest BCUT2D eigenvalue weighted by atomic mass is 9.97. The van der Waals surface area contributed by atoms with Crippen molar-refractivity contribution in [3.05, 3.63) is 23.8 Å². The number of esters is 1. The number of rotatable bonds is 6. The average Bonchev–Trinajstić information content (AvgIpc) is 2.62. The maximum atomic E-state index is 12.6. The van der Waals surface area contributed by atoms with Crippen molar-refractivity contribution < 1.29 is 23.8 Å². The minimum atomic E-state index is -0.222. The lowest BCUT2D eigenvalue weighted by Gasteiger charge is -2.31. The van der Waals surface area contributed by atoms with Crippen LogP contribution in [0.25, 0.3) is 0 Å². The van der Waals surface area contributed by atoms with Crippen molar-refractivity contribution in [1.29, 1.82) is 0 Å². The van der Waals surface area contributed by atoms with Gasteiger partial charge >= 0.3 is 5.97 Å². The lowest BCUT2D eigenvalue weighted by Crippen LogP contribution is -2.43. The highest BCUT2D eigenvalue weighted by molar-refractivity contribution is 5.81. The summed E-state index contributed by atoms with van der Waals surface area (Å²) in [6.07, 6.45) is 1.83. The summed E-state index contributed by atoms with van der Waals surface area (Å²) in [7, 11) is 3.16. The van der Waals surface area contributed by atoms with Gasteiger partial charge in [-0.3, -0.25) is 9.59 Å². The number of piperidine rings is 1. The summed E-state index contributed by atoms with van der Waals surface area (Å²) >= 11 is 0. The summed E-state index contributed by atoms with van der Waals surface area (Å²) in [4.78, 5) is 26.2. The van der Waals surface area contributed by atoms with Gasteiger partial charge in [-0.25, -0.2) is 0 Å². The quantitative estimate of drug-likeness (QED) is 0.745. The first-order valence-corrected chi connectivity index (χ1v) is 8.24. The van der Waals surface area contributed by atoms with E-state index in [1.54, 1.807) is 32.1 Å². The van der Waals surface area contributed by atoms with E-state index in [4.69, 9.17) is 14.2 Å². The highest BCUT2D eigenvalue weighted by Gasteiger charge is 2.29. The van der Waals surface area contributed by atoms with Crippen LogP contribution in [0, 0.1) is 5.92 Å². The van der Waals surface area contributed by atoms with Gasteiger partial charge in [-0.05, 0) is 25.8 Å². The zero-order valence-electron chi connectivity index (χ0n) is 14.5. The number of hydrogen-bond donors (Lipinski definition) is 0. The maximum absolute atomic E-state index is 12.6. The Morgan fingerprint density at radius 3 is 2.71 bits per heavy atom. The van der Waals surface area contributed by atoms with Gasteiger partial charge in [-0.2, -0.15) is 0 Å². The Morgan fingerprint density at radius 1 is 1.25 bits per heavy atom. The summed E-state index contributed by atoms with van der Waals surface area (Å²) in [5.74, 6) is 0.870. The molecule has 0 aromatic heterocycles. The van der Waals surface area contributed by atoms with Gasteiger partial charge in [0.15, 0.2) is 0 Å². The third-order valence-corrected chi connectivity index (χ3v) is 4.23. The molecule has 1 fully saturated rings. The monoisotopic (exact) mass is 335 g/mol. The Bertz CT molecular complexity index is 587. The van der Waals surface area contributed by atoms with Gasteiger partial charge < -0.3 is 19.1 Å². The van der Waals surface area contributed by atoms with Crippen LogP contribution in [0.5, 0.6) is 11.5 Å². The van der Waals surface area contributed by atoms with Gasteiger partial charge in [0.25, 0.3) is 0 Å². The molecule has 6 nitrogen and oxygen atoms in total. The van der Waals surface area contributed by atoms with Crippen molar-refractivity contribution in [3.8, 4) is 11.5 Å². The van der Waals surface area contributed by atoms with Crippen LogP contribution in [0.3, 0.4) is 0 Å². The minimum absolute atomic E-state index is 0.00698. The van der Waals surface area contributed by atoms with E-state index in [-0.39, 0.29) is 24.2 Å². The second-order valence-electron chi connectivity index (χ2n) is 5.79. The van der Waals surface area contributed by atoms with Crippen molar-refractivity contribution in [2.75, 3.05) is 33.9 Å². The van der Waals surface area contributed by atoms with E-state index in [1.807, 2.05) is 12.1 Å². The van der Waals surface area contributed by atoms with Crippen molar-refractivity contribution in [1.82, 2.24) is 4.90 Å². The fourth-order valence-electron chi connectivity index (χ4n) is 2.93. The van der Waals surface area contributed by atoms with E-state index in [9.17, 15) is 9.59 Å². The van der Waals surface area contributed by atoms with Crippen LogP contribution in [0.1, 0.15) is 25.3 Å². The average molecular weight is 335 g/mol. The van der Waals surface area contributed by atoms with Gasteiger partial charge in [-0.1, -0.05) is 6.07 Å². The molecule has 1 aliphatic rings. The van der Waals surface area contributed by atoms with Crippen molar-refractivity contribution in [3.63, 3.8) is 0 Å². The molecule has 0 radical (unpaired) electrons. The zero-order valence-corrected chi connectivity index (χ0v) is 14.5. The molecule has 0 aliphatic carbocycles. The van der Waals surface area contributed by atoms with E-state index in [0.29, 0.717) is 31.2 Å². The number of hydrogen-bond acceptors (Lipinski definition) is 5. The van der Waals surface area contributed by atoms with E-state index >= 15 is 0 Å². The third-order valence-electron chi connectivity index (χ3n) is 4.23. The molecule has 1 aromatic carbocycles. The molecule has 0 unspecified atom stereocenters. The van der Waals surface area contributed by atoms with E-state index < -0.39 is 0 Å². The van der Waals surface area contributed by atoms with Gasteiger partial charge in [0.2, 0.25) is 5.91 Å². The molecule has 1 saturated heterocycles. The van der Waals surface area contributed by atoms with Crippen LogP contribution < -0.4 is 9.47 Å². The first-order valence-electron chi connectivity index (χ1n) is 8.24. The number of benzene rings is 1. The molecule has 2 rings (SSSR count). The number of methoxy groups -OCH3 is 2. The Balaban J connectivity index is 2.02. The first-order chi connectivity index (χ1) is 11.6. The molecule has 6 heteroatoms. The second-order valence-corrected chi connectivity index (χ2v) is 5.79. The molecule has 24 heavy (non-hydrogen) atoms. The Kier molecular flexibility index (Phi) is 6.46. The summed E-state index contributed by atoms with van der Waals surface area (Å²) in [5, 5.41) is 0. The number of amides is 1. The Morgan fingerprint density at radius 2 is 2.04 bits per heavy atom. The summed E-state index contributed by atoms with van der Waals surface area (Å²) < 4.78 is 15.6. The lowest BCUT2D eigenvalue weighted by molar-refractivity contribution is -0.151. The number of carbonyl (C=O) groups excluding carboxylic acids is 2. The predicted octanol–water partition coefficient (Wildman–Crippen LogP) is 2.05. The molecule has 0 bridgehead atoms. The highest BCUT2D eigenvalue weighted by Crippen LogP contribution is 2.26. The molecule has 1 atom stereocenters. The highest BCUT2D eigenvalue weighted by atomic mass is 16.5. The molecule has 0 N–H and O–H groups in total. The largest absolute Gasteiger partial charge is 0.497 e. The van der Waals surface area contributed by atoms with Crippen LogP contribution in [-0.2, 0) is 20.7 Å². The number of ether oxygens (including phenoxy) is 3. The van der Waals surface area contributed by atoms with Crippen molar-refractivity contribution >= 4 is 11.9 Å². The third kappa shape index (κ3) is 4.40. The van der Waals surface area contributed by atoms with Gasteiger partial charge in [-0.15, -0.1) is 0 Å². The van der Waals surface area contributed by atoms with Crippen molar-refractivity contribution in [2.45, 2.75) is 26.2 Å². The molecular weight excluding hydrogens is 310 g/mol.